The highest BCUT2D eigenvalue weighted by Gasteiger charge is 2.48. The van der Waals surface area contributed by atoms with Gasteiger partial charge in [0.25, 0.3) is 0 Å². The molecule has 7 N–H and O–H groups in total. The minimum absolute atomic E-state index is 0.0595. The fourth-order valence-corrected chi connectivity index (χ4v) is 5.89. The molecule has 248 valence electrons. The fraction of sp³-hybridized carbons (Fsp3) is 0.562. The average Bonchev–Trinajstić information content (AvgIpc) is 3.32. The Bertz CT molecular complexity index is 1330. The molecule has 2 saturated heterocycles. The van der Waals surface area contributed by atoms with Gasteiger partial charge in [-0.2, -0.15) is 0 Å². The summed E-state index contributed by atoms with van der Waals surface area (Å²) in [6, 6.07) is 7.26. The van der Waals surface area contributed by atoms with Gasteiger partial charge in [0.15, 0.2) is 17.8 Å². The maximum atomic E-state index is 10.9. The van der Waals surface area contributed by atoms with Crippen molar-refractivity contribution < 1.29 is 64.2 Å². The van der Waals surface area contributed by atoms with E-state index in [4.69, 9.17) is 28.4 Å². The van der Waals surface area contributed by atoms with E-state index in [-0.39, 0.29) is 23.0 Å². The zero-order valence-electron chi connectivity index (χ0n) is 25.2. The largest absolute Gasteiger partial charge is 0.507 e. The SMILES string of the molecule is COc1c2cc(c(O[C@@H]3O[C@H](CO[C@@H]4O[C@@H](CO)[C@H](O)[C@H]4O)[C@@H](O)[C@H](O)[C@H]3O)c1OC)CCC/C=C\CCc1ccc(O)c-2c1. The molecule has 2 aromatic rings. The number of aromatic hydroxyl groups is 1. The van der Waals surface area contributed by atoms with Gasteiger partial charge in [-0.15, -0.1) is 0 Å². The van der Waals surface area contributed by atoms with Crippen LogP contribution < -0.4 is 14.2 Å². The number of fused-ring (bicyclic) bond motifs is 5. The van der Waals surface area contributed by atoms with Crippen LogP contribution in [0.3, 0.4) is 0 Å². The molecule has 0 amide bonds. The second kappa shape index (κ2) is 14.6. The molecule has 13 heteroatoms. The molecular formula is C32H42O13. The number of benzene rings is 2. The molecule has 2 heterocycles. The predicted octanol–water partition coefficient (Wildman–Crippen LogP) is 0.543. The van der Waals surface area contributed by atoms with E-state index in [1.54, 1.807) is 6.07 Å². The van der Waals surface area contributed by atoms with Crippen molar-refractivity contribution in [3.05, 3.63) is 47.5 Å². The summed E-state index contributed by atoms with van der Waals surface area (Å²) in [6.45, 7) is -0.971. The van der Waals surface area contributed by atoms with Gasteiger partial charge in [-0.1, -0.05) is 18.2 Å². The number of ether oxygens (including phenoxy) is 6. The van der Waals surface area contributed by atoms with Crippen molar-refractivity contribution in [3.63, 3.8) is 0 Å². The van der Waals surface area contributed by atoms with E-state index >= 15 is 0 Å². The van der Waals surface area contributed by atoms with Crippen LogP contribution in [0.4, 0.5) is 0 Å². The monoisotopic (exact) mass is 634 g/mol. The van der Waals surface area contributed by atoms with Gasteiger partial charge in [-0.25, -0.2) is 0 Å². The number of hydrogen-bond donors (Lipinski definition) is 7. The number of phenolic OH excluding ortho intramolecular Hbond substituents is 1. The van der Waals surface area contributed by atoms with Gasteiger partial charge >= 0.3 is 0 Å². The minimum atomic E-state index is -1.70. The number of aryl methyl sites for hydroxylation is 2. The number of aliphatic hydroxyl groups is 6. The van der Waals surface area contributed by atoms with Crippen molar-refractivity contribution in [1.29, 1.82) is 0 Å². The summed E-state index contributed by atoms with van der Waals surface area (Å²) in [7, 11) is 2.89. The maximum Gasteiger partial charge on any atom is 0.229 e. The molecule has 2 fully saturated rings. The molecule has 2 aromatic carbocycles. The van der Waals surface area contributed by atoms with Gasteiger partial charge in [0, 0.05) is 11.1 Å². The van der Waals surface area contributed by atoms with Crippen LogP contribution in [0.1, 0.15) is 30.4 Å². The third kappa shape index (κ3) is 6.92. The Labute approximate surface area is 260 Å². The maximum absolute atomic E-state index is 10.9. The first-order valence-electron chi connectivity index (χ1n) is 15.0. The summed E-state index contributed by atoms with van der Waals surface area (Å²) in [6.07, 6.45) is -5.09. The first-order chi connectivity index (χ1) is 21.7. The Kier molecular flexibility index (Phi) is 10.9. The summed E-state index contributed by atoms with van der Waals surface area (Å²) in [5.74, 6) is 0.690. The number of methoxy groups -OCH3 is 2. The molecule has 1 aliphatic carbocycles. The normalized spacial score (nSPS) is 32.6. The van der Waals surface area contributed by atoms with Gasteiger partial charge in [-0.05, 0) is 61.4 Å². The van der Waals surface area contributed by atoms with Crippen molar-refractivity contribution in [2.45, 2.75) is 87.4 Å². The van der Waals surface area contributed by atoms with Crippen LogP contribution in [0.15, 0.2) is 36.4 Å². The van der Waals surface area contributed by atoms with Crippen molar-refractivity contribution in [3.8, 4) is 34.1 Å². The van der Waals surface area contributed by atoms with Crippen molar-refractivity contribution >= 4 is 0 Å². The fourth-order valence-electron chi connectivity index (χ4n) is 5.89. The minimum Gasteiger partial charge on any atom is -0.507 e. The van der Waals surface area contributed by atoms with Gasteiger partial charge in [0.2, 0.25) is 12.0 Å². The second-order valence-electron chi connectivity index (χ2n) is 11.4. The highest BCUT2D eigenvalue weighted by atomic mass is 16.7. The van der Waals surface area contributed by atoms with E-state index in [2.05, 4.69) is 12.2 Å². The lowest BCUT2D eigenvalue weighted by Gasteiger charge is -2.40. The molecule has 13 nitrogen and oxygen atoms in total. The van der Waals surface area contributed by atoms with Crippen LogP contribution in [-0.2, 0) is 27.1 Å². The van der Waals surface area contributed by atoms with Gasteiger partial charge in [0.05, 0.1) is 27.4 Å². The van der Waals surface area contributed by atoms with E-state index < -0.39 is 68.5 Å². The van der Waals surface area contributed by atoms with E-state index in [0.717, 1.165) is 31.2 Å². The smallest absolute Gasteiger partial charge is 0.229 e. The van der Waals surface area contributed by atoms with Crippen LogP contribution in [0.2, 0.25) is 0 Å². The molecular weight excluding hydrogens is 592 g/mol. The second-order valence-corrected chi connectivity index (χ2v) is 11.4. The van der Waals surface area contributed by atoms with E-state index in [0.29, 0.717) is 23.1 Å². The molecule has 5 rings (SSSR count). The lowest BCUT2D eigenvalue weighted by atomic mass is 9.95. The summed E-state index contributed by atoms with van der Waals surface area (Å²) in [4.78, 5) is 0. The Balaban J connectivity index is 1.47. The summed E-state index contributed by atoms with van der Waals surface area (Å²) < 4.78 is 34.5. The van der Waals surface area contributed by atoms with Crippen LogP contribution in [-0.4, -0.2) is 118 Å². The predicted molar refractivity (Wildman–Crippen MR) is 158 cm³/mol. The van der Waals surface area contributed by atoms with Gasteiger partial charge in [0.1, 0.15) is 48.5 Å². The van der Waals surface area contributed by atoms with Crippen molar-refractivity contribution in [1.82, 2.24) is 0 Å². The number of allylic oxidation sites excluding steroid dienone is 2. The van der Waals surface area contributed by atoms with E-state index in [9.17, 15) is 35.7 Å². The molecule has 9 atom stereocenters. The molecule has 4 bridgehead atoms. The first-order valence-corrected chi connectivity index (χ1v) is 15.0. The average molecular weight is 635 g/mol. The van der Waals surface area contributed by atoms with Crippen molar-refractivity contribution in [2.24, 2.45) is 0 Å². The molecule has 0 unspecified atom stereocenters. The lowest BCUT2D eigenvalue weighted by Crippen LogP contribution is -2.60. The van der Waals surface area contributed by atoms with E-state index in [1.807, 2.05) is 18.2 Å². The Morgan fingerprint density at radius 2 is 1.42 bits per heavy atom. The molecule has 0 spiro atoms. The Morgan fingerprint density at radius 3 is 2.13 bits per heavy atom. The third-order valence-corrected chi connectivity index (χ3v) is 8.44. The number of hydrogen-bond acceptors (Lipinski definition) is 13. The molecule has 45 heavy (non-hydrogen) atoms. The molecule has 2 aliphatic heterocycles. The topological polar surface area (TPSA) is 197 Å². The number of phenols is 1. The zero-order chi connectivity index (χ0) is 32.2. The van der Waals surface area contributed by atoms with Crippen LogP contribution in [0.5, 0.6) is 23.0 Å². The van der Waals surface area contributed by atoms with Gasteiger partial charge < -0.3 is 64.2 Å². The molecule has 0 saturated carbocycles. The van der Waals surface area contributed by atoms with Gasteiger partial charge in [-0.3, -0.25) is 0 Å². The lowest BCUT2D eigenvalue weighted by molar-refractivity contribution is -0.290. The Hall–Kier alpha value is -2.98. The van der Waals surface area contributed by atoms with Crippen LogP contribution in [0, 0.1) is 0 Å². The first kappa shape index (κ1) is 33.4. The van der Waals surface area contributed by atoms with Crippen molar-refractivity contribution in [2.75, 3.05) is 27.4 Å². The quantitative estimate of drug-likeness (QED) is 0.199. The summed E-state index contributed by atoms with van der Waals surface area (Å²) >= 11 is 0. The highest BCUT2D eigenvalue weighted by molar-refractivity contribution is 5.81. The van der Waals surface area contributed by atoms with E-state index in [1.165, 1.54) is 14.2 Å². The third-order valence-electron chi connectivity index (χ3n) is 8.44. The number of aliphatic hydroxyl groups excluding tert-OH is 6. The Morgan fingerprint density at radius 1 is 0.733 bits per heavy atom. The molecule has 3 aliphatic rings. The summed E-state index contributed by atoms with van der Waals surface area (Å²) in [5.41, 5.74) is 2.82. The molecule has 0 aromatic heterocycles. The standard InChI is InChI=1S/C32H42O13/c1-40-29-19-13-17(9-7-5-3-4-6-8-16-10-11-20(34)18(19)12-16)28(30(29)41-2)45-32-27(39)25(37)24(36)22(44-32)15-42-31-26(38)23(35)21(14-33)43-31/h3-4,10-13,21-27,31-39H,5-9,14-15H2,1-2H3/b4-3-/t21-,22+,23-,24+,25-,26+,27+,31+,32-/m0/s1. The number of rotatable bonds is 8. The highest BCUT2D eigenvalue weighted by Crippen LogP contribution is 2.50. The molecule has 0 radical (unpaired) electrons. The zero-order valence-corrected chi connectivity index (χ0v) is 25.2. The summed E-state index contributed by atoms with van der Waals surface area (Å²) in [5, 5.41) is 72.7. The van der Waals surface area contributed by atoms with Crippen LogP contribution >= 0.6 is 0 Å². The van der Waals surface area contributed by atoms with Crippen LogP contribution in [0.25, 0.3) is 11.1 Å².